The number of rotatable bonds is 13. The number of hydrogen-bond donors (Lipinski definition) is 5. The van der Waals surface area contributed by atoms with E-state index < -0.39 is 0 Å². The summed E-state index contributed by atoms with van der Waals surface area (Å²) in [6, 6.07) is 13.1. The Labute approximate surface area is 273 Å². The Balaban J connectivity index is 1.33. The molecule has 1 aliphatic rings. The molecule has 1 aliphatic heterocycles. The van der Waals surface area contributed by atoms with Crippen LogP contribution in [0.3, 0.4) is 0 Å². The van der Waals surface area contributed by atoms with Gasteiger partial charge in [0.2, 0.25) is 11.8 Å². The van der Waals surface area contributed by atoms with Crippen molar-refractivity contribution in [3.63, 3.8) is 0 Å². The number of aliphatic hydroxyl groups is 1. The van der Waals surface area contributed by atoms with E-state index in [1.54, 1.807) is 25.6 Å². The summed E-state index contributed by atoms with van der Waals surface area (Å²) in [6.07, 6.45) is 4.76. The number of ether oxygens (including phenoxy) is 1. The summed E-state index contributed by atoms with van der Waals surface area (Å²) in [4.78, 5) is 38.3. The second kappa shape index (κ2) is 15.2. The third-order valence-corrected chi connectivity index (χ3v) is 8.36. The topological polar surface area (TPSA) is 150 Å². The minimum absolute atomic E-state index is 0.0535. The van der Waals surface area contributed by atoms with Crippen molar-refractivity contribution in [3.8, 4) is 28.4 Å². The van der Waals surface area contributed by atoms with Crippen LogP contribution in [0.25, 0.3) is 22.5 Å². The third-order valence-electron chi connectivity index (χ3n) is 7.98. The van der Waals surface area contributed by atoms with Gasteiger partial charge in [-0.25, -0.2) is 4.98 Å². The van der Waals surface area contributed by atoms with Crippen molar-refractivity contribution in [1.29, 1.82) is 0 Å². The van der Waals surface area contributed by atoms with E-state index in [1.807, 2.05) is 50.2 Å². The maximum atomic E-state index is 13.2. The fourth-order valence-corrected chi connectivity index (χ4v) is 5.69. The molecule has 4 heterocycles. The Kier molecular flexibility index (Phi) is 10.9. The van der Waals surface area contributed by atoms with Gasteiger partial charge in [0.25, 0.3) is 5.91 Å². The normalized spacial score (nSPS) is 14.3. The molecule has 11 nitrogen and oxygen atoms in total. The number of nitrogens with zero attached hydrogens (tertiary/aromatic N) is 3. The van der Waals surface area contributed by atoms with E-state index in [2.05, 4.69) is 31.2 Å². The lowest BCUT2D eigenvalue weighted by Crippen LogP contribution is -2.35. The van der Waals surface area contributed by atoms with Gasteiger partial charge in [-0.05, 0) is 61.2 Å². The summed E-state index contributed by atoms with van der Waals surface area (Å²) in [5.74, 6) is 0.243. The van der Waals surface area contributed by atoms with Crippen LogP contribution in [-0.2, 0) is 17.9 Å². The first kappa shape index (κ1) is 33.0. The van der Waals surface area contributed by atoms with Crippen LogP contribution in [0.1, 0.15) is 45.6 Å². The number of nitrogens with one attached hydrogen (secondary N) is 4. The van der Waals surface area contributed by atoms with Gasteiger partial charge in [0.05, 0.1) is 30.1 Å². The first-order valence-electron chi connectivity index (χ1n) is 15.2. The maximum absolute atomic E-state index is 13.2. The van der Waals surface area contributed by atoms with Gasteiger partial charge in [0, 0.05) is 73.4 Å². The Hall–Kier alpha value is -4.42. The molecule has 5 N–H and O–H groups in total. The number of carbonyl (C=O) groups is 2. The lowest BCUT2D eigenvalue weighted by molar-refractivity contribution is -0.119. The quantitative estimate of drug-likeness (QED) is 0.135. The molecule has 5 rings (SSSR count). The molecule has 0 bridgehead atoms. The molecule has 1 saturated heterocycles. The third kappa shape index (κ3) is 7.68. The van der Waals surface area contributed by atoms with Crippen LogP contribution in [0.5, 0.6) is 5.88 Å². The van der Waals surface area contributed by atoms with Crippen molar-refractivity contribution in [2.45, 2.75) is 45.8 Å². The molecule has 12 heteroatoms. The molecule has 1 unspecified atom stereocenters. The van der Waals surface area contributed by atoms with Gasteiger partial charge in [0.15, 0.2) is 0 Å². The number of amides is 2. The van der Waals surface area contributed by atoms with E-state index in [0.29, 0.717) is 71.8 Å². The Morgan fingerprint density at radius 3 is 2.65 bits per heavy atom. The number of methoxy groups -OCH3 is 1. The zero-order valence-electron chi connectivity index (χ0n) is 26.1. The molecule has 0 spiro atoms. The van der Waals surface area contributed by atoms with Gasteiger partial charge >= 0.3 is 0 Å². The molecule has 0 aliphatic carbocycles. The standard InChI is InChI=1S/C34H38ClN7O4/c1-20-15-29(39-18-23(20)17-36-13-14-43)33(45)41-27-6-4-5-25(21(27)2)32-31(35)26(11-12-38-32)28-9-7-22(34(42-28)46-3)16-37-19-24-8-10-30(44)40-24/h4-7,9,11-12,15,18,24,36-37,43H,8,10,13-14,16-17,19H2,1-3H3,(H,40,44)(H,41,45). The first-order chi connectivity index (χ1) is 22.3. The smallest absolute Gasteiger partial charge is 0.274 e. The average molecular weight is 644 g/mol. The maximum Gasteiger partial charge on any atom is 0.274 e. The highest BCUT2D eigenvalue weighted by atomic mass is 35.5. The van der Waals surface area contributed by atoms with Crippen molar-refractivity contribution in [3.05, 3.63) is 87.8 Å². The fraction of sp³-hybridized carbons (Fsp3) is 0.324. The molecule has 1 aromatic carbocycles. The minimum atomic E-state index is -0.329. The summed E-state index contributed by atoms with van der Waals surface area (Å²) < 4.78 is 5.61. The summed E-state index contributed by atoms with van der Waals surface area (Å²) in [6.45, 7) is 6.13. The van der Waals surface area contributed by atoms with Crippen LogP contribution >= 0.6 is 11.6 Å². The second-order valence-corrected chi connectivity index (χ2v) is 11.5. The van der Waals surface area contributed by atoms with Gasteiger partial charge in [-0.1, -0.05) is 29.8 Å². The van der Waals surface area contributed by atoms with Gasteiger partial charge in [-0.2, -0.15) is 0 Å². The number of hydrogen-bond acceptors (Lipinski definition) is 9. The highest BCUT2D eigenvalue weighted by Gasteiger charge is 2.21. The molecule has 0 saturated carbocycles. The number of aliphatic hydroxyl groups excluding tert-OH is 1. The van der Waals surface area contributed by atoms with E-state index in [0.717, 1.165) is 34.2 Å². The lowest BCUT2D eigenvalue weighted by atomic mass is 10.0. The van der Waals surface area contributed by atoms with E-state index in [9.17, 15) is 9.59 Å². The lowest BCUT2D eigenvalue weighted by Gasteiger charge is -2.16. The molecule has 4 aromatic rings. The summed E-state index contributed by atoms with van der Waals surface area (Å²) >= 11 is 6.98. The summed E-state index contributed by atoms with van der Waals surface area (Å²) in [5.41, 5.74) is 7.15. The molecule has 0 radical (unpaired) electrons. The summed E-state index contributed by atoms with van der Waals surface area (Å²) in [7, 11) is 1.58. The molecule has 46 heavy (non-hydrogen) atoms. The average Bonchev–Trinajstić information content (AvgIpc) is 3.48. The molecule has 3 aromatic heterocycles. The molecule has 1 atom stereocenters. The predicted molar refractivity (Wildman–Crippen MR) is 178 cm³/mol. The van der Waals surface area contributed by atoms with Crippen LogP contribution in [0.15, 0.2) is 54.9 Å². The van der Waals surface area contributed by atoms with Crippen LogP contribution in [0.2, 0.25) is 5.02 Å². The number of halogens is 1. The monoisotopic (exact) mass is 643 g/mol. The molecule has 240 valence electrons. The zero-order valence-corrected chi connectivity index (χ0v) is 26.9. The second-order valence-electron chi connectivity index (χ2n) is 11.1. The SMILES string of the molecule is COc1nc(-c2ccnc(-c3cccc(NC(=O)c4cc(C)c(CNCCO)cn4)c3C)c2Cl)ccc1CNCC1CCC(=O)N1. The van der Waals surface area contributed by atoms with Crippen molar-refractivity contribution in [1.82, 2.24) is 30.9 Å². The van der Waals surface area contributed by atoms with Crippen LogP contribution in [0, 0.1) is 13.8 Å². The number of benzene rings is 1. The van der Waals surface area contributed by atoms with Crippen LogP contribution in [0.4, 0.5) is 5.69 Å². The largest absolute Gasteiger partial charge is 0.481 e. The number of aryl methyl sites for hydroxylation is 1. The molecule has 2 amide bonds. The van der Waals surface area contributed by atoms with Crippen molar-refractivity contribution in [2.24, 2.45) is 0 Å². The highest BCUT2D eigenvalue weighted by Crippen LogP contribution is 2.38. The van der Waals surface area contributed by atoms with Crippen molar-refractivity contribution >= 4 is 29.1 Å². The minimum Gasteiger partial charge on any atom is -0.481 e. The van der Waals surface area contributed by atoms with Crippen molar-refractivity contribution < 1.29 is 19.4 Å². The Morgan fingerprint density at radius 1 is 1.09 bits per heavy atom. The van der Waals surface area contributed by atoms with Gasteiger partial charge in [-0.3, -0.25) is 19.6 Å². The Bertz CT molecular complexity index is 1730. The molecular formula is C34H38ClN7O4. The Morgan fingerprint density at radius 2 is 1.91 bits per heavy atom. The van der Waals surface area contributed by atoms with E-state index in [1.165, 1.54) is 0 Å². The van der Waals surface area contributed by atoms with Gasteiger partial charge in [0.1, 0.15) is 5.69 Å². The fourth-order valence-electron chi connectivity index (χ4n) is 5.38. The molecule has 1 fully saturated rings. The van der Waals surface area contributed by atoms with Crippen molar-refractivity contribution in [2.75, 3.05) is 32.1 Å². The van der Waals surface area contributed by atoms with Crippen LogP contribution < -0.4 is 26.0 Å². The summed E-state index contributed by atoms with van der Waals surface area (Å²) in [5, 5.41) is 21.9. The number of carbonyl (C=O) groups excluding carboxylic acids is 2. The van der Waals surface area contributed by atoms with E-state index >= 15 is 0 Å². The zero-order chi connectivity index (χ0) is 32.6. The van der Waals surface area contributed by atoms with Gasteiger partial charge in [-0.15, -0.1) is 0 Å². The van der Waals surface area contributed by atoms with Crippen LogP contribution in [-0.4, -0.2) is 64.7 Å². The number of aromatic nitrogens is 3. The molecular weight excluding hydrogens is 606 g/mol. The first-order valence-corrected chi connectivity index (χ1v) is 15.5. The van der Waals surface area contributed by atoms with Gasteiger partial charge < -0.3 is 31.1 Å². The van der Waals surface area contributed by atoms with E-state index in [4.69, 9.17) is 26.4 Å². The highest BCUT2D eigenvalue weighted by molar-refractivity contribution is 6.35. The number of anilines is 1. The predicted octanol–water partition coefficient (Wildman–Crippen LogP) is 4.19. The number of pyridine rings is 3. The van der Waals surface area contributed by atoms with E-state index in [-0.39, 0.29) is 24.5 Å².